The normalized spacial score (nSPS) is 12.2. The van der Waals surface area contributed by atoms with Gasteiger partial charge in [-0.25, -0.2) is 0 Å². The van der Waals surface area contributed by atoms with E-state index in [-0.39, 0.29) is 10.8 Å². The first-order valence-electron chi connectivity index (χ1n) is 26.1. The van der Waals surface area contributed by atoms with E-state index in [1.807, 2.05) is 0 Å². The lowest BCUT2D eigenvalue weighted by Crippen LogP contribution is -2.11. The van der Waals surface area contributed by atoms with E-state index in [9.17, 15) is 0 Å². The van der Waals surface area contributed by atoms with Crippen LogP contribution in [0.5, 0.6) is 0 Å². The van der Waals surface area contributed by atoms with E-state index >= 15 is 0 Å². The van der Waals surface area contributed by atoms with Gasteiger partial charge in [0.15, 0.2) is 0 Å². The summed E-state index contributed by atoms with van der Waals surface area (Å²) in [6.07, 6.45) is 0. The summed E-state index contributed by atoms with van der Waals surface area (Å²) in [5.74, 6) is 0. The molecule has 12 aromatic carbocycles. The highest BCUT2D eigenvalue weighted by Gasteiger charge is 2.24. The first-order chi connectivity index (χ1) is 35.9. The summed E-state index contributed by atoms with van der Waals surface area (Å²) in [7, 11) is 0. The molecule has 0 aliphatic rings. The predicted octanol–water partition coefficient (Wildman–Crippen LogP) is 20.4. The van der Waals surface area contributed by atoms with Crippen LogP contribution in [0.3, 0.4) is 0 Å². The summed E-state index contributed by atoms with van der Waals surface area (Å²) in [6.45, 7) is 13.9. The highest BCUT2D eigenvalue weighted by atomic mass is 15.1. The Hall–Kier alpha value is -8.72. The van der Waals surface area contributed by atoms with E-state index in [1.165, 1.54) is 110 Å². The molecule has 2 heteroatoms. The van der Waals surface area contributed by atoms with E-state index in [1.54, 1.807) is 0 Å². The van der Waals surface area contributed by atoms with Crippen LogP contribution in [-0.4, -0.2) is 4.57 Å². The number of benzene rings is 12. The maximum Gasteiger partial charge on any atom is 0.0541 e. The van der Waals surface area contributed by atoms with Crippen LogP contribution in [0.1, 0.15) is 52.7 Å². The van der Waals surface area contributed by atoms with Crippen molar-refractivity contribution in [2.75, 3.05) is 4.90 Å². The Bertz CT molecular complexity index is 4170. The largest absolute Gasteiger partial charge is 0.310 e. The maximum absolute atomic E-state index is 2.53. The molecule has 2 nitrogen and oxygen atoms in total. The van der Waals surface area contributed by atoms with Gasteiger partial charge in [-0.1, -0.05) is 211 Å². The minimum absolute atomic E-state index is 0.0220. The van der Waals surface area contributed by atoms with E-state index in [2.05, 4.69) is 294 Å². The molecule has 1 aromatic heterocycles. The smallest absolute Gasteiger partial charge is 0.0541 e. The lowest BCUT2D eigenvalue weighted by Gasteiger charge is -2.28. The molecule has 0 aliphatic carbocycles. The Kier molecular flexibility index (Phi) is 10.7. The van der Waals surface area contributed by atoms with Gasteiger partial charge in [-0.2, -0.15) is 0 Å². The molecule has 13 aromatic rings. The fraction of sp³-hybridized carbons (Fsp3) is 0.111. The summed E-state index contributed by atoms with van der Waals surface area (Å²) in [6, 6.07) is 90.3. The minimum Gasteiger partial charge on any atom is -0.310 e. The lowest BCUT2D eigenvalue weighted by molar-refractivity contribution is 0.590. The third kappa shape index (κ3) is 7.81. The van der Waals surface area contributed by atoms with Gasteiger partial charge in [0, 0.05) is 32.9 Å². The van der Waals surface area contributed by atoms with Gasteiger partial charge in [0.05, 0.1) is 22.4 Å². The SMILES string of the molecule is CC(C)(C)c1ccc2c(c1)c1cc(C(C)(C)C)ccc1n2-c1ccc2ccc3c(N(c4ccc(-c5cccc(-c6ccccc6)c5)cc4)c4cccc(-c5cccc(-c6ccccc6)c5)c4)ccc4ccc1c2c43. The molecule has 0 aliphatic heterocycles. The molecule has 74 heavy (non-hydrogen) atoms. The van der Waals surface area contributed by atoms with Crippen molar-refractivity contribution in [3.8, 4) is 50.2 Å². The molecule has 0 amide bonds. The second-order valence-corrected chi connectivity index (χ2v) is 22.2. The van der Waals surface area contributed by atoms with Crippen LogP contribution < -0.4 is 4.90 Å². The molecule has 0 bridgehead atoms. The quantitative estimate of drug-likeness (QED) is 0.138. The number of rotatable bonds is 8. The summed E-state index contributed by atoms with van der Waals surface area (Å²) in [4.78, 5) is 2.47. The molecule has 0 saturated heterocycles. The van der Waals surface area contributed by atoms with Crippen molar-refractivity contribution >= 4 is 71.2 Å². The zero-order chi connectivity index (χ0) is 50.3. The van der Waals surface area contributed by atoms with Crippen LogP contribution >= 0.6 is 0 Å². The molecular formula is C72H58N2. The Labute approximate surface area is 434 Å². The Morgan fingerprint density at radius 3 is 1.27 bits per heavy atom. The molecule has 0 spiro atoms. The van der Waals surface area contributed by atoms with Crippen LogP contribution in [-0.2, 0) is 10.8 Å². The molecular weight excluding hydrogens is 893 g/mol. The first-order valence-corrected chi connectivity index (χ1v) is 26.1. The van der Waals surface area contributed by atoms with Crippen molar-refractivity contribution in [2.45, 2.75) is 52.4 Å². The Balaban J connectivity index is 1.00. The summed E-state index contributed by atoms with van der Waals surface area (Å²) in [5.41, 5.74) is 19.2. The molecule has 0 unspecified atom stereocenters. The zero-order valence-electron chi connectivity index (χ0n) is 43.0. The third-order valence-corrected chi connectivity index (χ3v) is 15.4. The van der Waals surface area contributed by atoms with Crippen LogP contribution in [0.2, 0.25) is 0 Å². The summed E-state index contributed by atoms with van der Waals surface area (Å²) >= 11 is 0. The monoisotopic (exact) mass is 950 g/mol. The van der Waals surface area contributed by atoms with Crippen LogP contribution in [0.25, 0.3) is 104 Å². The van der Waals surface area contributed by atoms with Crippen LogP contribution in [0.15, 0.2) is 243 Å². The van der Waals surface area contributed by atoms with E-state index in [4.69, 9.17) is 0 Å². The van der Waals surface area contributed by atoms with Gasteiger partial charge in [0.2, 0.25) is 0 Å². The third-order valence-electron chi connectivity index (χ3n) is 15.4. The number of nitrogens with zero attached hydrogens (tertiary/aromatic N) is 2. The molecule has 1 heterocycles. The van der Waals surface area contributed by atoms with Crippen molar-refractivity contribution in [2.24, 2.45) is 0 Å². The van der Waals surface area contributed by atoms with Gasteiger partial charge in [-0.15, -0.1) is 0 Å². The van der Waals surface area contributed by atoms with Crippen LogP contribution in [0.4, 0.5) is 17.1 Å². The maximum atomic E-state index is 2.53. The number of fused-ring (bicyclic) bond motifs is 3. The zero-order valence-corrected chi connectivity index (χ0v) is 43.0. The highest BCUT2D eigenvalue weighted by Crippen LogP contribution is 2.47. The van der Waals surface area contributed by atoms with Crippen molar-refractivity contribution < 1.29 is 0 Å². The van der Waals surface area contributed by atoms with E-state index < -0.39 is 0 Å². The lowest BCUT2D eigenvalue weighted by atomic mass is 9.85. The van der Waals surface area contributed by atoms with Gasteiger partial charge >= 0.3 is 0 Å². The second-order valence-electron chi connectivity index (χ2n) is 22.2. The average Bonchev–Trinajstić information content (AvgIpc) is 3.76. The average molecular weight is 951 g/mol. The molecule has 0 fully saturated rings. The standard InChI is InChI=1S/C72H58N2/c1-71(2,3)57-32-40-67-63(45-57)64-46-58(72(4,5)6)33-41-68(64)74(67)66-39-31-51-28-36-61-65(38-30-50-29-37-62(66)70(51)69(50)61)73(59-34-26-49(27-35-59)54-22-13-20-52(42-54)47-16-9-7-10-17-47)60-25-15-24-56(44-60)55-23-14-21-53(43-55)48-18-11-8-12-19-48/h7-46H,1-6H3. The van der Waals surface area contributed by atoms with Gasteiger partial charge in [0.25, 0.3) is 0 Å². The number of hydrogen-bond acceptors (Lipinski definition) is 1. The molecule has 13 rings (SSSR count). The number of hydrogen-bond donors (Lipinski definition) is 0. The van der Waals surface area contributed by atoms with Gasteiger partial charge < -0.3 is 9.47 Å². The van der Waals surface area contributed by atoms with Gasteiger partial charge in [-0.05, 0) is 161 Å². The van der Waals surface area contributed by atoms with E-state index in [0.29, 0.717) is 0 Å². The van der Waals surface area contributed by atoms with Gasteiger partial charge in [-0.3, -0.25) is 0 Å². The van der Waals surface area contributed by atoms with Crippen LogP contribution in [0, 0.1) is 0 Å². The molecule has 356 valence electrons. The minimum atomic E-state index is 0.0220. The number of anilines is 3. The predicted molar refractivity (Wildman–Crippen MR) is 318 cm³/mol. The molecule has 0 saturated carbocycles. The molecule has 0 atom stereocenters. The van der Waals surface area contributed by atoms with Gasteiger partial charge in [0.1, 0.15) is 0 Å². The molecule has 0 radical (unpaired) electrons. The second kappa shape index (κ2) is 17.5. The highest BCUT2D eigenvalue weighted by molar-refractivity contribution is 6.27. The Morgan fingerprint density at radius 1 is 0.297 bits per heavy atom. The molecule has 0 N–H and O–H groups in total. The van der Waals surface area contributed by atoms with Crippen molar-refractivity contribution in [3.05, 3.63) is 254 Å². The van der Waals surface area contributed by atoms with Crippen molar-refractivity contribution in [1.82, 2.24) is 4.57 Å². The topological polar surface area (TPSA) is 8.17 Å². The fourth-order valence-electron chi connectivity index (χ4n) is 11.4. The van der Waals surface area contributed by atoms with Crippen molar-refractivity contribution in [3.63, 3.8) is 0 Å². The Morgan fingerprint density at radius 2 is 0.730 bits per heavy atom. The summed E-state index contributed by atoms with van der Waals surface area (Å²) < 4.78 is 2.53. The number of aromatic nitrogens is 1. The first kappa shape index (κ1) is 45.2. The van der Waals surface area contributed by atoms with E-state index in [0.717, 1.165) is 22.6 Å². The van der Waals surface area contributed by atoms with Crippen molar-refractivity contribution in [1.29, 1.82) is 0 Å². The fourth-order valence-corrected chi connectivity index (χ4v) is 11.4. The summed E-state index contributed by atoms with van der Waals surface area (Å²) in [5, 5.41) is 10.1.